The molecule has 2 amide bonds. The number of amides is 2. The molecule has 0 radical (unpaired) electrons. The first kappa shape index (κ1) is 13.2. The zero-order valence-corrected chi connectivity index (χ0v) is 10.9. The molecule has 0 saturated carbocycles. The summed E-state index contributed by atoms with van der Waals surface area (Å²) in [6.45, 7) is 3.87. The van der Waals surface area contributed by atoms with Crippen LogP contribution >= 0.6 is 0 Å². The van der Waals surface area contributed by atoms with Crippen molar-refractivity contribution in [3.05, 3.63) is 35.4 Å². The van der Waals surface area contributed by atoms with Gasteiger partial charge in [0.25, 0.3) is 0 Å². The van der Waals surface area contributed by atoms with Gasteiger partial charge in [0.2, 0.25) is 0 Å². The maximum atomic E-state index is 12.1. The molecule has 2 rings (SSSR count). The zero-order chi connectivity index (χ0) is 13.8. The van der Waals surface area contributed by atoms with Crippen molar-refractivity contribution in [3.8, 4) is 0 Å². The van der Waals surface area contributed by atoms with Crippen LogP contribution in [0, 0.1) is 0 Å². The average Bonchev–Trinajstić information content (AvgIpc) is 2.91. The Balaban J connectivity index is 2.43. The third-order valence-corrected chi connectivity index (χ3v) is 2.83. The van der Waals surface area contributed by atoms with E-state index in [-0.39, 0.29) is 12.6 Å². The van der Waals surface area contributed by atoms with Crippen molar-refractivity contribution < 1.29 is 18.7 Å². The Bertz CT molecular complexity index is 505. The van der Waals surface area contributed by atoms with Gasteiger partial charge in [-0.15, -0.1) is 0 Å². The molecule has 0 saturated heterocycles. The fraction of sp³-hybridized carbons (Fsp3) is 0.385. The monoisotopic (exact) mass is 264 g/mol. The van der Waals surface area contributed by atoms with E-state index in [1.165, 1.54) is 6.26 Å². The van der Waals surface area contributed by atoms with Gasteiger partial charge in [-0.05, 0) is 25.5 Å². The number of rotatable bonds is 4. The van der Waals surface area contributed by atoms with Crippen molar-refractivity contribution in [1.29, 1.82) is 0 Å². The van der Waals surface area contributed by atoms with E-state index in [0.717, 1.165) is 0 Å². The summed E-state index contributed by atoms with van der Waals surface area (Å²) in [5.74, 6) is 0.0529. The molecule has 1 aliphatic heterocycles. The second-order valence-electron chi connectivity index (χ2n) is 4.01. The molecule has 1 aromatic rings. The summed E-state index contributed by atoms with van der Waals surface area (Å²) in [6, 6.07) is 2.45. The molecule has 1 atom stereocenters. The Hall–Kier alpha value is -2.24. The van der Waals surface area contributed by atoms with Crippen LogP contribution in [0.1, 0.15) is 32.1 Å². The number of hydrogen-bond donors (Lipinski definition) is 2. The summed E-state index contributed by atoms with van der Waals surface area (Å²) < 4.78 is 10.3. The quantitative estimate of drug-likeness (QED) is 0.813. The van der Waals surface area contributed by atoms with Crippen LogP contribution in [0.4, 0.5) is 4.79 Å². The fourth-order valence-electron chi connectivity index (χ4n) is 2.02. The van der Waals surface area contributed by atoms with Gasteiger partial charge in [0.05, 0.1) is 18.4 Å². The van der Waals surface area contributed by atoms with Gasteiger partial charge >= 0.3 is 12.0 Å². The topological polar surface area (TPSA) is 80.6 Å². The highest BCUT2D eigenvalue weighted by Gasteiger charge is 2.34. The molecule has 0 spiro atoms. The lowest BCUT2D eigenvalue weighted by Gasteiger charge is -2.27. The predicted molar refractivity (Wildman–Crippen MR) is 67.1 cm³/mol. The van der Waals surface area contributed by atoms with Crippen LogP contribution in [-0.4, -0.2) is 18.6 Å². The number of urea groups is 1. The molecular formula is C13H16N2O4. The van der Waals surface area contributed by atoms with Crippen molar-refractivity contribution in [2.45, 2.75) is 26.3 Å². The van der Waals surface area contributed by atoms with E-state index in [0.29, 0.717) is 23.5 Å². The van der Waals surface area contributed by atoms with Gasteiger partial charge in [-0.25, -0.2) is 9.59 Å². The normalized spacial score (nSPS) is 18.8. The van der Waals surface area contributed by atoms with Gasteiger partial charge in [0, 0.05) is 5.70 Å². The summed E-state index contributed by atoms with van der Waals surface area (Å²) in [5, 5.41) is 5.30. The first-order valence-electron chi connectivity index (χ1n) is 6.18. The van der Waals surface area contributed by atoms with Crippen LogP contribution < -0.4 is 10.6 Å². The van der Waals surface area contributed by atoms with Gasteiger partial charge in [-0.2, -0.15) is 0 Å². The SMILES string of the molecule is CCOC(=O)C1=C(CC)NC(=O)NC1c1ccco1. The summed E-state index contributed by atoms with van der Waals surface area (Å²) in [7, 11) is 0. The second-order valence-corrected chi connectivity index (χ2v) is 4.01. The van der Waals surface area contributed by atoms with Crippen LogP contribution in [-0.2, 0) is 9.53 Å². The highest BCUT2D eigenvalue weighted by molar-refractivity contribution is 5.94. The Morgan fingerprint density at radius 2 is 2.26 bits per heavy atom. The molecule has 0 fully saturated rings. The molecule has 2 N–H and O–H groups in total. The second kappa shape index (κ2) is 5.60. The third kappa shape index (κ3) is 2.62. The number of nitrogens with one attached hydrogen (secondary N) is 2. The van der Waals surface area contributed by atoms with Crippen LogP contribution in [0.25, 0.3) is 0 Å². The molecule has 102 valence electrons. The summed E-state index contributed by atoms with van der Waals surface area (Å²) in [4.78, 5) is 23.7. The minimum atomic E-state index is -0.613. The largest absolute Gasteiger partial charge is 0.467 e. The molecule has 19 heavy (non-hydrogen) atoms. The lowest BCUT2D eigenvalue weighted by atomic mass is 9.99. The molecule has 2 heterocycles. The minimum absolute atomic E-state index is 0.276. The maximum absolute atomic E-state index is 12.1. The Morgan fingerprint density at radius 3 is 2.84 bits per heavy atom. The summed E-state index contributed by atoms with van der Waals surface area (Å²) in [6.07, 6.45) is 2.02. The summed E-state index contributed by atoms with van der Waals surface area (Å²) >= 11 is 0. The van der Waals surface area contributed by atoms with E-state index >= 15 is 0 Å². The van der Waals surface area contributed by atoms with E-state index in [9.17, 15) is 9.59 Å². The lowest BCUT2D eigenvalue weighted by Crippen LogP contribution is -2.45. The van der Waals surface area contributed by atoms with Gasteiger partial charge in [0.15, 0.2) is 0 Å². The minimum Gasteiger partial charge on any atom is -0.467 e. The number of hydrogen-bond acceptors (Lipinski definition) is 4. The molecule has 0 aromatic carbocycles. The van der Waals surface area contributed by atoms with Crippen molar-refractivity contribution in [1.82, 2.24) is 10.6 Å². The van der Waals surface area contributed by atoms with Gasteiger partial charge < -0.3 is 19.8 Å². The average molecular weight is 264 g/mol. The van der Waals surface area contributed by atoms with Crippen molar-refractivity contribution in [3.63, 3.8) is 0 Å². The van der Waals surface area contributed by atoms with E-state index in [4.69, 9.17) is 9.15 Å². The number of esters is 1. The fourth-order valence-corrected chi connectivity index (χ4v) is 2.02. The first-order chi connectivity index (χ1) is 9.17. The Morgan fingerprint density at radius 1 is 1.47 bits per heavy atom. The number of carbonyl (C=O) groups is 2. The highest BCUT2D eigenvalue weighted by atomic mass is 16.5. The van der Waals surface area contributed by atoms with Gasteiger partial charge in [-0.3, -0.25) is 0 Å². The van der Waals surface area contributed by atoms with E-state index in [2.05, 4.69) is 10.6 Å². The number of ether oxygens (including phenoxy) is 1. The van der Waals surface area contributed by atoms with E-state index in [1.54, 1.807) is 19.1 Å². The predicted octanol–water partition coefficient (Wildman–Crippen LogP) is 1.86. The van der Waals surface area contributed by atoms with Crippen molar-refractivity contribution >= 4 is 12.0 Å². The van der Waals surface area contributed by atoms with Crippen molar-refractivity contribution in [2.75, 3.05) is 6.61 Å². The molecular weight excluding hydrogens is 248 g/mol. The van der Waals surface area contributed by atoms with Crippen LogP contribution in [0.15, 0.2) is 34.1 Å². The first-order valence-corrected chi connectivity index (χ1v) is 6.18. The lowest BCUT2D eigenvalue weighted by molar-refractivity contribution is -0.139. The molecule has 1 unspecified atom stereocenters. The molecule has 6 heteroatoms. The molecule has 1 aliphatic rings. The Kier molecular flexibility index (Phi) is 3.89. The smallest absolute Gasteiger partial charge is 0.338 e. The van der Waals surface area contributed by atoms with Gasteiger partial charge in [0.1, 0.15) is 11.8 Å². The maximum Gasteiger partial charge on any atom is 0.338 e. The van der Waals surface area contributed by atoms with Crippen LogP contribution in [0.5, 0.6) is 0 Å². The molecule has 1 aromatic heterocycles. The van der Waals surface area contributed by atoms with Crippen molar-refractivity contribution in [2.24, 2.45) is 0 Å². The Labute approximate surface area is 110 Å². The summed E-state index contributed by atoms with van der Waals surface area (Å²) in [5.41, 5.74) is 0.947. The molecule has 0 bridgehead atoms. The van der Waals surface area contributed by atoms with Gasteiger partial charge in [-0.1, -0.05) is 6.92 Å². The molecule has 6 nitrogen and oxygen atoms in total. The highest BCUT2D eigenvalue weighted by Crippen LogP contribution is 2.28. The van der Waals surface area contributed by atoms with E-state index < -0.39 is 12.0 Å². The van der Waals surface area contributed by atoms with Crippen LogP contribution in [0.2, 0.25) is 0 Å². The van der Waals surface area contributed by atoms with E-state index in [1.807, 2.05) is 6.92 Å². The van der Waals surface area contributed by atoms with Crippen LogP contribution in [0.3, 0.4) is 0 Å². The molecule has 0 aliphatic carbocycles. The number of carbonyl (C=O) groups excluding carboxylic acids is 2. The standard InChI is InChI=1S/C13H16N2O4/c1-3-8-10(12(16)18-4-2)11(15-13(17)14-8)9-6-5-7-19-9/h5-7,11H,3-4H2,1-2H3,(H2,14,15,17). The zero-order valence-electron chi connectivity index (χ0n) is 10.9. The number of allylic oxidation sites excluding steroid dienone is 1. The third-order valence-electron chi connectivity index (χ3n) is 2.83. The number of furan rings is 1.